The lowest BCUT2D eigenvalue weighted by molar-refractivity contribution is 0.0984. The maximum Gasteiger partial charge on any atom is 0.165 e. The lowest BCUT2D eigenvalue weighted by atomic mass is 10.0. The molecular weight excluding hydrogens is 399 g/mol. The number of ketones is 1. The molecule has 3 heterocycles. The number of halogens is 1. The third-order valence-corrected chi connectivity index (χ3v) is 6.71. The summed E-state index contributed by atoms with van der Waals surface area (Å²) < 4.78 is 25.7. The molecule has 0 saturated carbocycles. The van der Waals surface area contributed by atoms with Crippen molar-refractivity contribution in [1.29, 1.82) is 0 Å². The molecule has 0 saturated heterocycles. The average Bonchev–Trinajstić information content (AvgIpc) is 3.23. The first-order valence-electron chi connectivity index (χ1n) is 9.55. The summed E-state index contributed by atoms with van der Waals surface area (Å²) in [5.41, 5.74) is 5.82. The van der Waals surface area contributed by atoms with Crippen LogP contribution in [0.5, 0.6) is 0 Å². The second-order valence-electron chi connectivity index (χ2n) is 7.15. The van der Waals surface area contributed by atoms with E-state index in [1.807, 2.05) is 30.3 Å². The van der Waals surface area contributed by atoms with Crippen LogP contribution in [-0.4, -0.2) is 25.7 Å². The number of Topliss-reactive ketones (excluding diaryl/α,β-unsaturated/α-hetero) is 1. The van der Waals surface area contributed by atoms with Gasteiger partial charge in [0.1, 0.15) is 5.82 Å². The summed E-state index contributed by atoms with van der Waals surface area (Å²) in [6.07, 6.45) is 3.75. The number of hydrogen-bond acceptors (Lipinski definition) is 3. The maximum absolute atomic E-state index is 13.4. The van der Waals surface area contributed by atoms with Gasteiger partial charge in [0.05, 0.1) is 16.5 Å². The van der Waals surface area contributed by atoms with E-state index < -0.39 is 10.8 Å². The summed E-state index contributed by atoms with van der Waals surface area (Å²) in [5.74, 6) is 0.109. The van der Waals surface area contributed by atoms with Crippen LogP contribution in [0.3, 0.4) is 0 Å². The van der Waals surface area contributed by atoms with E-state index >= 15 is 0 Å². The fourth-order valence-corrected chi connectivity index (χ4v) is 4.99. The Labute approximate surface area is 175 Å². The van der Waals surface area contributed by atoms with Crippen molar-refractivity contribution in [2.75, 3.05) is 5.75 Å². The van der Waals surface area contributed by atoms with Gasteiger partial charge in [-0.05, 0) is 71.3 Å². The van der Waals surface area contributed by atoms with Crippen LogP contribution in [0.1, 0.15) is 16.8 Å². The van der Waals surface area contributed by atoms with E-state index in [4.69, 9.17) is 0 Å². The minimum atomic E-state index is -1.13. The van der Waals surface area contributed by atoms with Crippen molar-refractivity contribution < 1.29 is 13.4 Å². The second kappa shape index (κ2) is 7.46. The number of nitrogens with zero attached hydrogens (tertiary/aromatic N) is 1. The van der Waals surface area contributed by atoms with Gasteiger partial charge in [0.25, 0.3) is 0 Å². The first-order chi connectivity index (χ1) is 14.6. The van der Waals surface area contributed by atoms with Gasteiger partial charge in [0.15, 0.2) is 5.78 Å². The maximum atomic E-state index is 13.4. The van der Waals surface area contributed by atoms with Gasteiger partial charge in [-0.15, -0.1) is 0 Å². The Morgan fingerprint density at radius 3 is 2.37 bits per heavy atom. The zero-order valence-electron chi connectivity index (χ0n) is 15.9. The summed E-state index contributed by atoms with van der Waals surface area (Å²) >= 11 is 0. The van der Waals surface area contributed by atoms with Crippen molar-refractivity contribution in [2.45, 2.75) is 11.3 Å². The van der Waals surface area contributed by atoms with Crippen LogP contribution in [0.4, 0.5) is 4.39 Å². The monoisotopic (exact) mass is 416 g/mol. The molecule has 1 aliphatic heterocycles. The van der Waals surface area contributed by atoms with Crippen LogP contribution in [0.15, 0.2) is 78.0 Å². The van der Waals surface area contributed by atoms with E-state index in [1.165, 1.54) is 12.1 Å². The van der Waals surface area contributed by atoms with E-state index in [1.54, 1.807) is 30.6 Å². The SMILES string of the molecule is O=C1CCS(=O)c2ccc(-c3cc(-c4ccncc4)c(-c4ccc(F)cc4)[nH]3)cc21. The molecule has 1 N–H and O–H groups in total. The van der Waals surface area contributed by atoms with Gasteiger partial charge in [0, 0.05) is 46.3 Å². The van der Waals surface area contributed by atoms with Gasteiger partial charge in [-0.1, -0.05) is 6.07 Å². The zero-order valence-corrected chi connectivity index (χ0v) is 16.7. The van der Waals surface area contributed by atoms with Crippen molar-refractivity contribution in [3.05, 3.63) is 84.4 Å². The molecule has 4 aromatic rings. The lowest BCUT2D eigenvalue weighted by Crippen LogP contribution is -2.16. The highest BCUT2D eigenvalue weighted by atomic mass is 32.2. The molecule has 0 bridgehead atoms. The topological polar surface area (TPSA) is 62.8 Å². The molecule has 5 rings (SSSR count). The van der Waals surface area contributed by atoms with Gasteiger partial charge in [-0.25, -0.2) is 4.39 Å². The molecule has 1 aliphatic rings. The largest absolute Gasteiger partial charge is 0.354 e. The van der Waals surface area contributed by atoms with E-state index in [0.29, 0.717) is 22.6 Å². The number of carbonyl (C=O) groups excluding carboxylic acids is 1. The molecule has 0 radical (unpaired) electrons. The highest BCUT2D eigenvalue weighted by Gasteiger charge is 2.23. The quantitative estimate of drug-likeness (QED) is 0.497. The van der Waals surface area contributed by atoms with Gasteiger partial charge in [0.2, 0.25) is 0 Å². The number of hydrogen-bond donors (Lipinski definition) is 1. The van der Waals surface area contributed by atoms with E-state index in [2.05, 4.69) is 9.97 Å². The highest BCUT2D eigenvalue weighted by molar-refractivity contribution is 7.85. The number of benzene rings is 2. The van der Waals surface area contributed by atoms with Crippen LogP contribution in [0, 0.1) is 5.82 Å². The summed E-state index contributed by atoms with van der Waals surface area (Å²) in [4.78, 5) is 20.5. The molecule has 148 valence electrons. The normalized spacial score (nSPS) is 15.8. The van der Waals surface area contributed by atoms with Crippen LogP contribution < -0.4 is 0 Å². The fourth-order valence-electron chi connectivity index (χ4n) is 3.76. The summed E-state index contributed by atoms with van der Waals surface area (Å²) in [6, 6.07) is 17.6. The molecular formula is C24H17FN2O2S. The van der Waals surface area contributed by atoms with Crippen LogP contribution >= 0.6 is 0 Å². The number of H-pyrrole nitrogens is 1. The summed E-state index contributed by atoms with van der Waals surface area (Å²) in [6.45, 7) is 0. The van der Waals surface area contributed by atoms with Gasteiger partial charge in [-0.3, -0.25) is 14.0 Å². The van der Waals surface area contributed by atoms with Crippen molar-refractivity contribution in [3.8, 4) is 33.6 Å². The Hall–Kier alpha value is -3.38. The van der Waals surface area contributed by atoms with Crippen molar-refractivity contribution >= 4 is 16.6 Å². The Morgan fingerprint density at radius 1 is 0.867 bits per heavy atom. The molecule has 2 aromatic heterocycles. The minimum Gasteiger partial charge on any atom is -0.354 e. The zero-order chi connectivity index (χ0) is 20.7. The third kappa shape index (κ3) is 3.29. The minimum absolute atomic E-state index is 0.0196. The fraction of sp³-hybridized carbons (Fsp3) is 0.0833. The molecule has 1 unspecified atom stereocenters. The molecule has 2 aromatic carbocycles. The van der Waals surface area contributed by atoms with Crippen LogP contribution in [-0.2, 0) is 10.8 Å². The van der Waals surface area contributed by atoms with Crippen LogP contribution in [0.25, 0.3) is 33.6 Å². The van der Waals surface area contributed by atoms with Crippen molar-refractivity contribution in [1.82, 2.24) is 9.97 Å². The predicted molar refractivity (Wildman–Crippen MR) is 115 cm³/mol. The van der Waals surface area contributed by atoms with Gasteiger partial charge < -0.3 is 4.98 Å². The smallest absolute Gasteiger partial charge is 0.165 e. The number of aromatic nitrogens is 2. The number of rotatable bonds is 3. The Bertz CT molecular complexity index is 1280. The predicted octanol–water partition coefficient (Wildman–Crippen LogP) is 5.24. The first kappa shape index (κ1) is 18.6. The van der Waals surface area contributed by atoms with E-state index in [9.17, 15) is 13.4 Å². The molecule has 0 spiro atoms. The molecule has 1 atom stereocenters. The molecule has 30 heavy (non-hydrogen) atoms. The first-order valence-corrected chi connectivity index (χ1v) is 10.9. The summed E-state index contributed by atoms with van der Waals surface area (Å²) in [7, 11) is -1.13. The van der Waals surface area contributed by atoms with E-state index in [0.717, 1.165) is 33.6 Å². The standard InChI is InChI=1S/C24H17FN2O2S/c25-18-4-1-16(2-5-18)24-19(15-7-10-26-11-8-15)14-21(27-24)17-3-6-23-20(13-17)22(28)9-12-30(23)29/h1-8,10-11,13-14,27H,9,12H2. The van der Waals surface area contributed by atoms with Gasteiger partial charge >= 0.3 is 0 Å². The van der Waals surface area contributed by atoms with Crippen LogP contribution in [0.2, 0.25) is 0 Å². The lowest BCUT2D eigenvalue weighted by Gasteiger charge is -2.15. The van der Waals surface area contributed by atoms with Gasteiger partial charge in [-0.2, -0.15) is 0 Å². The molecule has 0 aliphatic carbocycles. The average molecular weight is 416 g/mol. The Kier molecular flexibility index (Phi) is 4.64. The molecule has 4 nitrogen and oxygen atoms in total. The van der Waals surface area contributed by atoms with Crippen molar-refractivity contribution in [3.63, 3.8) is 0 Å². The number of nitrogens with one attached hydrogen (secondary N) is 1. The number of fused-ring (bicyclic) bond motifs is 1. The number of pyridine rings is 1. The molecule has 0 fully saturated rings. The number of carbonyl (C=O) groups is 1. The molecule has 6 heteroatoms. The Morgan fingerprint density at radius 2 is 1.60 bits per heavy atom. The highest BCUT2D eigenvalue weighted by Crippen LogP contribution is 2.37. The molecule has 0 amide bonds. The third-order valence-electron chi connectivity index (χ3n) is 5.29. The number of aromatic amines is 1. The second-order valence-corrected chi connectivity index (χ2v) is 8.69. The van der Waals surface area contributed by atoms with Crippen molar-refractivity contribution in [2.24, 2.45) is 0 Å². The summed E-state index contributed by atoms with van der Waals surface area (Å²) in [5, 5.41) is 0. The van der Waals surface area contributed by atoms with E-state index in [-0.39, 0.29) is 11.6 Å². The Balaban J connectivity index is 1.67.